The minimum absolute atomic E-state index is 0.207. The van der Waals surface area contributed by atoms with E-state index in [1.165, 1.54) is 0 Å². The summed E-state index contributed by atoms with van der Waals surface area (Å²) in [4.78, 5) is 50.2. The van der Waals surface area contributed by atoms with Crippen LogP contribution in [0.2, 0.25) is 0 Å². The number of likely N-dealkylation sites (N-methyl/N-ethyl adjacent to an activating group) is 1. The van der Waals surface area contributed by atoms with Gasteiger partial charge in [-0.25, -0.2) is 4.79 Å². The fourth-order valence-corrected chi connectivity index (χ4v) is 4.31. The van der Waals surface area contributed by atoms with Crippen molar-refractivity contribution in [3.8, 4) is 11.5 Å². The number of aliphatic carboxylic acids is 3. The third-order valence-electron chi connectivity index (χ3n) is 6.48. The van der Waals surface area contributed by atoms with Crippen LogP contribution in [0.4, 0.5) is 0 Å². The Kier molecular flexibility index (Phi) is 11.9. The van der Waals surface area contributed by atoms with Crippen molar-refractivity contribution in [3.63, 3.8) is 0 Å². The third-order valence-corrected chi connectivity index (χ3v) is 6.48. The van der Waals surface area contributed by atoms with Gasteiger partial charge in [-0.15, -0.1) is 0 Å². The van der Waals surface area contributed by atoms with Crippen molar-refractivity contribution in [2.45, 2.75) is 43.7 Å². The fraction of sp³-hybridized carbons (Fsp3) is 0.615. The van der Waals surface area contributed by atoms with Gasteiger partial charge in [0.1, 0.15) is 13.2 Å². The normalized spacial score (nSPS) is 15.7. The van der Waals surface area contributed by atoms with Crippen LogP contribution in [-0.4, -0.2) is 131 Å². The van der Waals surface area contributed by atoms with Crippen LogP contribution in [0.15, 0.2) is 18.2 Å². The summed E-state index contributed by atoms with van der Waals surface area (Å²) in [5.74, 6) is -3.29. The first kappa shape index (κ1) is 31.8. The van der Waals surface area contributed by atoms with Crippen molar-refractivity contribution < 1.29 is 49.1 Å². The standard InChI is InChI=1S/C20H31N3O3.C6H8O7/c1-21(2)10-11-23(17-6-8-22(3)9-7-17)20(24)15-16-4-5-18-19(14-16)26-13-12-25-18;7-3(8)1-6(13,5(11)12)2-4(9)10/h4-5,14,17H,6-13,15H2,1-3H3;13H,1-2H2,(H,7,8)(H,9,10)(H,11,12). The lowest BCUT2D eigenvalue weighted by Crippen LogP contribution is -2.49. The van der Waals surface area contributed by atoms with E-state index in [0.717, 1.165) is 56.1 Å². The number of carboxylic acids is 3. The van der Waals surface area contributed by atoms with Crippen molar-refractivity contribution in [2.24, 2.45) is 0 Å². The number of ether oxygens (including phenoxy) is 2. The summed E-state index contributed by atoms with van der Waals surface area (Å²) in [6.45, 7) is 4.93. The second-order valence-electron chi connectivity index (χ2n) is 10.1. The average molecular weight is 554 g/mol. The zero-order valence-corrected chi connectivity index (χ0v) is 22.7. The lowest BCUT2D eigenvalue weighted by molar-refractivity contribution is -0.170. The van der Waals surface area contributed by atoms with Crippen LogP contribution in [0, 0.1) is 0 Å². The molecule has 0 radical (unpaired) electrons. The first-order chi connectivity index (χ1) is 18.3. The molecule has 1 saturated heterocycles. The Balaban J connectivity index is 0.000000349. The largest absolute Gasteiger partial charge is 0.486 e. The first-order valence-electron chi connectivity index (χ1n) is 12.7. The number of piperidine rings is 1. The SMILES string of the molecule is CN(C)CCN(C(=O)Cc1ccc2c(c1)OCCO2)C1CCN(C)CC1.O=C(O)CC(O)(CC(=O)O)C(=O)O. The number of carbonyl (C=O) groups is 4. The number of nitrogens with zero attached hydrogens (tertiary/aromatic N) is 3. The lowest BCUT2D eigenvalue weighted by atomic mass is 9.96. The summed E-state index contributed by atoms with van der Waals surface area (Å²) in [6, 6.07) is 6.18. The predicted molar refractivity (Wildman–Crippen MR) is 139 cm³/mol. The number of benzene rings is 1. The van der Waals surface area contributed by atoms with E-state index >= 15 is 0 Å². The summed E-state index contributed by atoms with van der Waals surface area (Å²) in [7, 11) is 6.26. The van der Waals surface area contributed by atoms with Gasteiger partial charge in [-0.2, -0.15) is 0 Å². The van der Waals surface area contributed by atoms with Gasteiger partial charge in [-0.1, -0.05) is 6.07 Å². The summed E-state index contributed by atoms with van der Waals surface area (Å²) in [5.41, 5.74) is -1.75. The van der Waals surface area contributed by atoms with Gasteiger partial charge in [0.15, 0.2) is 17.1 Å². The van der Waals surface area contributed by atoms with Gasteiger partial charge in [0.2, 0.25) is 5.91 Å². The minimum Gasteiger partial charge on any atom is -0.486 e. The van der Waals surface area contributed by atoms with E-state index in [2.05, 4.69) is 35.8 Å². The van der Waals surface area contributed by atoms with E-state index in [1.54, 1.807) is 0 Å². The highest BCUT2D eigenvalue weighted by atomic mass is 16.6. The number of hydrogen-bond acceptors (Lipinski definition) is 9. The number of rotatable bonds is 11. The molecule has 0 atom stereocenters. The average Bonchev–Trinajstić information content (AvgIpc) is 2.84. The molecule has 0 spiro atoms. The van der Waals surface area contributed by atoms with Crippen LogP contribution in [0.5, 0.6) is 11.5 Å². The molecule has 0 unspecified atom stereocenters. The monoisotopic (exact) mass is 553 g/mol. The van der Waals surface area contributed by atoms with Gasteiger partial charge in [0.05, 0.1) is 19.3 Å². The van der Waals surface area contributed by atoms with Gasteiger partial charge in [-0.05, 0) is 64.8 Å². The van der Waals surface area contributed by atoms with Crippen molar-refractivity contribution in [1.29, 1.82) is 0 Å². The Bertz CT molecular complexity index is 992. The van der Waals surface area contributed by atoms with Gasteiger partial charge >= 0.3 is 17.9 Å². The molecule has 1 fully saturated rings. The molecule has 2 heterocycles. The lowest BCUT2D eigenvalue weighted by Gasteiger charge is -2.38. The van der Waals surface area contributed by atoms with Crippen molar-refractivity contribution >= 4 is 23.8 Å². The summed E-state index contributed by atoms with van der Waals surface area (Å²) < 4.78 is 11.2. The molecule has 2 aliphatic rings. The Labute approximate surface area is 227 Å². The number of fused-ring (bicyclic) bond motifs is 1. The molecular weight excluding hydrogens is 514 g/mol. The second-order valence-corrected chi connectivity index (χ2v) is 10.1. The molecule has 39 heavy (non-hydrogen) atoms. The number of hydrogen-bond donors (Lipinski definition) is 4. The van der Waals surface area contributed by atoms with Crippen LogP contribution in [-0.2, 0) is 25.6 Å². The van der Waals surface area contributed by atoms with Crippen LogP contribution in [0.3, 0.4) is 0 Å². The Morgan fingerprint density at radius 1 is 0.949 bits per heavy atom. The van der Waals surface area contributed by atoms with Crippen molar-refractivity contribution in [1.82, 2.24) is 14.7 Å². The maximum atomic E-state index is 13.1. The van der Waals surface area contributed by atoms with Crippen LogP contribution >= 0.6 is 0 Å². The minimum atomic E-state index is -2.74. The van der Waals surface area contributed by atoms with Crippen molar-refractivity contribution in [3.05, 3.63) is 23.8 Å². The molecule has 0 saturated carbocycles. The molecule has 3 rings (SSSR count). The fourth-order valence-electron chi connectivity index (χ4n) is 4.31. The topological polar surface area (TPSA) is 177 Å². The molecule has 0 aromatic heterocycles. The highest BCUT2D eigenvalue weighted by Crippen LogP contribution is 2.31. The molecular formula is C26H39N3O10. The van der Waals surface area contributed by atoms with Gasteiger partial charge in [0.25, 0.3) is 0 Å². The molecule has 1 aromatic carbocycles. The molecule has 1 amide bonds. The second kappa shape index (κ2) is 14.7. The maximum absolute atomic E-state index is 13.1. The highest BCUT2D eigenvalue weighted by Gasteiger charge is 2.40. The number of likely N-dealkylation sites (tertiary alicyclic amines) is 1. The van der Waals surface area contributed by atoms with Crippen LogP contribution in [0.25, 0.3) is 0 Å². The van der Waals surface area contributed by atoms with Gasteiger partial charge < -0.3 is 44.6 Å². The van der Waals surface area contributed by atoms with E-state index in [4.69, 9.17) is 29.9 Å². The van der Waals surface area contributed by atoms with E-state index in [-0.39, 0.29) is 5.91 Å². The zero-order valence-electron chi connectivity index (χ0n) is 22.7. The molecule has 218 valence electrons. The van der Waals surface area contributed by atoms with Gasteiger partial charge in [-0.3, -0.25) is 14.4 Å². The highest BCUT2D eigenvalue weighted by molar-refractivity contribution is 5.88. The van der Waals surface area contributed by atoms with E-state index in [0.29, 0.717) is 25.7 Å². The van der Waals surface area contributed by atoms with E-state index in [1.807, 2.05) is 18.2 Å². The molecule has 0 aliphatic carbocycles. The van der Waals surface area contributed by atoms with Gasteiger partial charge in [0, 0.05) is 19.1 Å². The molecule has 13 heteroatoms. The van der Waals surface area contributed by atoms with Crippen molar-refractivity contribution in [2.75, 3.05) is 60.5 Å². The Morgan fingerprint density at radius 3 is 2.03 bits per heavy atom. The molecule has 13 nitrogen and oxygen atoms in total. The van der Waals surface area contributed by atoms with E-state index in [9.17, 15) is 19.2 Å². The summed E-state index contributed by atoms with van der Waals surface area (Å²) in [5, 5.41) is 33.8. The number of carbonyl (C=O) groups excluding carboxylic acids is 1. The predicted octanol–water partition coefficient (Wildman–Crippen LogP) is 0.236. The molecule has 2 aliphatic heterocycles. The third kappa shape index (κ3) is 10.3. The summed E-state index contributed by atoms with van der Waals surface area (Å²) >= 11 is 0. The Morgan fingerprint density at radius 2 is 1.51 bits per heavy atom. The van der Waals surface area contributed by atoms with Crippen LogP contribution in [0.1, 0.15) is 31.2 Å². The number of carboxylic acid groups (broad SMARTS) is 3. The smallest absolute Gasteiger partial charge is 0.336 e. The Hall–Kier alpha value is -3.42. The quantitative estimate of drug-likeness (QED) is 0.294. The molecule has 0 bridgehead atoms. The molecule has 1 aromatic rings. The number of aliphatic hydroxyl groups is 1. The molecule has 4 N–H and O–H groups in total. The number of amides is 1. The van der Waals surface area contributed by atoms with E-state index < -0.39 is 36.4 Å². The first-order valence-corrected chi connectivity index (χ1v) is 12.7. The summed E-state index contributed by atoms with van der Waals surface area (Å²) in [6.07, 6.45) is 0.229. The zero-order chi connectivity index (χ0) is 29.2. The van der Waals surface area contributed by atoms with Crippen LogP contribution < -0.4 is 9.47 Å². The maximum Gasteiger partial charge on any atom is 0.336 e.